The predicted octanol–water partition coefficient (Wildman–Crippen LogP) is 6.86. The van der Waals surface area contributed by atoms with Gasteiger partial charge in [0.25, 0.3) is 0 Å². The first kappa shape index (κ1) is 28.7. The van der Waals surface area contributed by atoms with Crippen LogP contribution in [0.15, 0.2) is 78.0 Å². The van der Waals surface area contributed by atoms with Gasteiger partial charge in [-0.25, -0.2) is 17.2 Å². The molecule has 1 aliphatic carbocycles. The first-order valence-corrected chi connectivity index (χ1v) is 12.9. The molecule has 4 nitrogen and oxygen atoms in total. The zero-order valence-electron chi connectivity index (χ0n) is 19.7. The topological polar surface area (TPSA) is 64.1 Å². The second-order valence-corrected chi connectivity index (χ2v) is 11.6. The summed E-state index contributed by atoms with van der Waals surface area (Å²) in [5.41, 5.74) is -7.30. The summed E-state index contributed by atoms with van der Waals surface area (Å²) in [6.45, 7) is 0. The third-order valence-corrected chi connectivity index (χ3v) is 9.43. The number of carbonyl (C=O) groups is 1. The fourth-order valence-electron chi connectivity index (χ4n) is 4.88. The summed E-state index contributed by atoms with van der Waals surface area (Å²) in [5, 5.41) is 0. The van der Waals surface area contributed by atoms with Crippen LogP contribution in [0.1, 0.15) is 40.7 Å². The van der Waals surface area contributed by atoms with Crippen molar-refractivity contribution in [3.05, 3.63) is 95.6 Å². The van der Waals surface area contributed by atoms with Gasteiger partial charge in [0.1, 0.15) is 10.6 Å². The molecule has 1 heterocycles. The molecular formula is C26H19F8NO3S. The van der Waals surface area contributed by atoms with E-state index in [2.05, 4.69) is 4.98 Å². The maximum atomic E-state index is 14.5. The lowest BCUT2D eigenvalue weighted by molar-refractivity contribution is -0.348. The lowest BCUT2D eigenvalue weighted by atomic mass is 9.68. The number of carbonyl (C=O) groups excluding carboxylic acids is 1. The second-order valence-electron chi connectivity index (χ2n) is 9.32. The average molecular weight is 577 g/mol. The third-order valence-electron chi connectivity index (χ3n) is 6.94. The van der Waals surface area contributed by atoms with Crippen molar-refractivity contribution in [2.75, 3.05) is 0 Å². The Hall–Kier alpha value is -3.35. The molecule has 3 aromatic rings. The smallest absolute Gasteiger partial charge is 0.294 e. The van der Waals surface area contributed by atoms with Crippen molar-refractivity contribution in [3.63, 3.8) is 0 Å². The molecule has 2 aromatic carbocycles. The number of Topliss-reactive ketones (excluding diaryl/α,β-unsaturated/α-hetero) is 1. The molecule has 1 aromatic heterocycles. The van der Waals surface area contributed by atoms with Crippen LogP contribution < -0.4 is 0 Å². The number of sulfone groups is 1. The molecule has 0 spiro atoms. The van der Waals surface area contributed by atoms with E-state index in [9.17, 15) is 48.3 Å². The van der Waals surface area contributed by atoms with Crippen molar-refractivity contribution in [3.8, 4) is 0 Å². The van der Waals surface area contributed by atoms with Crippen molar-refractivity contribution >= 4 is 15.6 Å². The van der Waals surface area contributed by atoms with Gasteiger partial charge in [-0.2, -0.15) is 26.3 Å². The van der Waals surface area contributed by atoms with Crippen molar-refractivity contribution in [1.82, 2.24) is 4.98 Å². The Bertz CT molecular complexity index is 1430. The van der Waals surface area contributed by atoms with E-state index in [1.165, 1.54) is 24.5 Å². The Labute approximate surface area is 217 Å². The Morgan fingerprint density at radius 1 is 0.821 bits per heavy atom. The first-order valence-electron chi connectivity index (χ1n) is 11.4. The Morgan fingerprint density at radius 3 is 1.82 bits per heavy atom. The van der Waals surface area contributed by atoms with Crippen molar-refractivity contribution < 1.29 is 48.3 Å². The molecule has 0 saturated heterocycles. The summed E-state index contributed by atoms with van der Waals surface area (Å²) < 4.78 is 133. The molecule has 1 aliphatic rings. The van der Waals surface area contributed by atoms with Crippen LogP contribution in [0, 0.1) is 11.7 Å². The maximum absolute atomic E-state index is 14.5. The van der Waals surface area contributed by atoms with Crippen LogP contribution in [0.2, 0.25) is 0 Å². The van der Waals surface area contributed by atoms with Crippen LogP contribution in [-0.4, -0.2) is 31.5 Å². The number of pyridine rings is 1. The highest BCUT2D eigenvalue weighted by molar-refractivity contribution is 7.92. The molecule has 0 unspecified atom stereocenters. The first-order chi connectivity index (χ1) is 18.0. The molecule has 13 heteroatoms. The fourth-order valence-corrected chi connectivity index (χ4v) is 7.18. The minimum absolute atomic E-state index is 0.0848. The summed E-state index contributed by atoms with van der Waals surface area (Å²) in [6, 6.07) is 8.60. The number of rotatable bonds is 7. The summed E-state index contributed by atoms with van der Waals surface area (Å²) in [6.07, 6.45) is -10.4. The van der Waals surface area contributed by atoms with Crippen LogP contribution in [-0.2, 0) is 20.3 Å². The van der Waals surface area contributed by atoms with E-state index in [4.69, 9.17) is 0 Å². The number of nitrogens with zero attached hydrogens (tertiary/aromatic N) is 1. The Balaban J connectivity index is 1.73. The summed E-state index contributed by atoms with van der Waals surface area (Å²) >= 11 is 0. The molecule has 0 amide bonds. The lowest BCUT2D eigenvalue weighted by Gasteiger charge is -2.47. The summed E-state index contributed by atoms with van der Waals surface area (Å²) in [5.74, 6) is -1.56. The van der Waals surface area contributed by atoms with Crippen LogP contribution in [0.5, 0.6) is 0 Å². The van der Waals surface area contributed by atoms with Gasteiger partial charge in [0.05, 0.1) is 4.90 Å². The fraction of sp³-hybridized carbons (Fsp3) is 0.308. The maximum Gasteiger partial charge on any atom is 0.435 e. The molecule has 1 saturated carbocycles. The van der Waals surface area contributed by atoms with Gasteiger partial charge in [0.15, 0.2) is 15.6 Å². The number of aromatic nitrogens is 1. The molecule has 0 radical (unpaired) electrons. The Kier molecular flexibility index (Phi) is 7.12. The van der Waals surface area contributed by atoms with Crippen LogP contribution >= 0.6 is 0 Å². The van der Waals surface area contributed by atoms with E-state index >= 15 is 0 Å². The number of hydrogen-bond acceptors (Lipinski definition) is 4. The molecule has 0 bridgehead atoms. The van der Waals surface area contributed by atoms with E-state index in [-0.39, 0.29) is 47.6 Å². The zero-order chi connectivity index (χ0) is 28.9. The molecule has 39 heavy (non-hydrogen) atoms. The normalized spacial score (nSPS) is 20.4. The van der Waals surface area contributed by atoms with Crippen LogP contribution in [0.25, 0.3) is 0 Å². The van der Waals surface area contributed by atoms with Gasteiger partial charge >= 0.3 is 18.0 Å². The number of benzene rings is 2. The van der Waals surface area contributed by atoms with E-state index in [0.29, 0.717) is 17.7 Å². The van der Waals surface area contributed by atoms with Crippen molar-refractivity contribution in [1.29, 1.82) is 0 Å². The molecule has 208 valence electrons. The SMILES string of the molecule is O=C(CC1CC(c2ccc(C(F)(C(F)(F)F)C(F)(F)F)cc2)(S(=O)(=O)c2ccc(F)cc2)C1)c1ccncc1. The largest absolute Gasteiger partial charge is 0.435 e. The van der Waals surface area contributed by atoms with Crippen LogP contribution in [0.4, 0.5) is 35.1 Å². The van der Waals surface area contributed by atoms with Crippen molar-refractivity contribution in [2.45, 2.75) is 46.9 Å². The number of ketones is 1. The van der Waals surface area contributed by atoms with E-state index in [0.717, 1.165) is 24.3 Å². The predicted molar refractivity (Wildman–Crippen MR) is 123 cm³/mol. The minimum Gasteiger partial charge on any atom is -0.294 e. The molecule has 0 atom stereocenters. The highest BCUT2D eigenvalue weighted by Gasteiger charge is 2.73. The number of halogens is 8. The molecular weight excluding hydrogens is 558 g/mol. The molecule has 1 fully saturated rings. The highest BCUT2D eigenvalue weighted by atomic mass is 32.2. The standard InChI is InChI=1S/C26H19F8NO3S/c27-20-5-7-21(8-6-20)39(37,38)23(14-16(15-23)13-22(36)17-9-11-35-12-10-17)18-1-3-19(4-2-18)24(28,25(29,30)31)26(32,33)34/h1-12,16H,13-15H2. The van der Waals surface area contributed by atoms with Crippen molar-refractivity contribution in [2.24, 2.45) is 5.92 Å². The lowest BCUT2D eigenvalue weighted by Crippen LogP contribution is -2.50. The van der Waals surface area contributed by atoms with Gasteiger partial charge < -0.3 is 0 Å². The monoisotopic (exact) mass is 577 g/mol. The van der Waals surface area contributed by atoms with Gasteiger partial charge in [-0.05, 0) is 60.7 Å². The zero-order valence-corrected chi connectivity index (χ0v) is 20.5. The van der Waals surface area contributed by atoms with Gasteiger partial charge in [0, 0.05) is 29.9 Å². The van der Waals surface area contributed by atoms with E-state index in [1.807, 2.05) is 0 Å². The molecule has 4 rings (SSSR count). The number of hydrogen-bond donors (Lipinski definition) is 0. The minimum atomic E-state index is -6.33. The van der Waals surface area contributed by atoms with Gasteiger partial charge in [-0.1, -0.05) is 24.3 Å². The third kappa shape index (κ3) is 4.81. The molecule has 0 aliphatic heterocycles. The average Bonchev–Trinajstić information content (AvgIpc) is 2.84. The summed E-state index contributed by atoms with van der Waals surface area (Å²) in [7, 11) is -4.40. The van der Waals surface area contributed by atoms with E-state index < -0.39 is 49.9 Å². The van der Waals surface area contributed by atoms with Gasteiger partial charge in [-0.3, -0.25) is 9.78 Å². The van der Waals surface area contributed by atoms with Gasteiger partial charge in [0.2, 0.25) is 0 Å². The molecule has 0 N–H and O–H groups in total. The van der Waals surface area contributed by atoms with Crippen LogP contribution in [0.3, 0.4) is 0 Å². The van der Waals surface area contributed by atoms with Gasteiger partial charge in [-0.15, -0.1) is 0 Å². The number of alkyl halides is 7. The Morgan fingerprint density at radius 2 is 1.33 bits per heavy atom. The quantitative estimate of drug-likeness (QED) is 0.175. The second kappa shape index (κ2) is 9.68. The summed E-state index contributed by atoms with van der Waals surface area (Å²) in [4.78, 5) is 16.1. The van der Waals surface area contributed by atoms with E-state index in [1.54, 1.807) is 0 Å². The highest BCUT2D eigenvalue weighted by Crippen LogP contribution is 2.57.